The molecule has 0 amide bonds. The van der Waals surface area contributed by atoms with Crippen molar-refractivity contribution < 1.29 is 4.74 Å². The van der Waals surface area contributed by atoms with E-state index in [4.69, 9.17) is 4.74 Å². The first-order chi connectivity index (χ1) is 6.18. The van der Waals surface area contributed by atoms with Gasteiger partial charge in [0.2, 0.25) is 5.88 Å². The van der Waals surface area contributed by atoms with Gasteiger partial charge in [0.25, 0.3) is 0 Å². The van der Waals surface area contributed by atoms with E-state index in [2.05, 4.69) is 9.97 Å². The zero-order valence-electron chi connectivity index (χ0n) is 9.03. The Balaban J connectivity index is 0.000000671. The summed E-state index contributed by atoms with van der Waals surface area (Å²) in [7, 11) is 0. The predicted octanol–water partition coefficient (Wildman–Crippen LogP) is 2.60. The average molecular weight is 182 g/mol. The van der Waals surface area contributed by atoms with E-state index in [1.807, 2.05) is 34.6 Å². The smallest absolute Gasteiger partial charge is 0.232 e. The molecule has 0 spiro atoms. The molecule has 0 saturated carbocycles. The maximum Gasteiger partial charge on any atom is 0.232 e. The summed E-state index contributed by atoms with van der Waals surface area (Å²) in [5, 5.41) is 0. The van der Waals surface area contributed by atoms with Crippen LogP contribution in [0.3, 0.4) is 0 Å². The number of hydrogen-bond acceptors (Lipinski definition) is 3. The fraction of sp³-hybridized carbons (Fsp3) is 0.600. The van der Waals surface area contributed by atoms with Crippen LogP contribution in [0.5, 0.6) is 5.88 Å². The van der Waals surface area contributed by atoms with Crippen LogP contribution in [-0.4, -0.2) is 16.1 Å². The Morgan fingerprint density at radius 1 is 1.15 bits per heavy atom. The molecule has 0 aliphatic heterocycles. The SMILES string of the molecule is CC.Cc1cnc(OC(C)C)cn1. The summed E-state index contributed by atoms with van der Waals surface area (Å²) in [5.74, 6) is 0.589. The molecule has 1 rings (SSSR count). The number of aryl methyl sites for hydroxylation is 1. The van der Waals surface area contributed by atoms with Gasteiger partial charge in [-0.05, 0) is 20.8 Å². The predicted molar refractivity (Wildman–Crippen MR) is 53.9 cm³/mol. The highest BCUT2D eigenvalue weighted by molar-refractivity contribution is 5.05. The lowest BCUT2D eigenvalue weighted by Gasteiger charge is -2.06. The summed E-state index contributed by atoms with van der Waals surface area (Å²) < 4.78 is 5.30. The zero-order chi connectivity index (χ0) is 10.3. The summed E-state index contributed by atoms with van der Waals surface area (Å²) in [6, 6.07) is 0. The molecule has 13 heavy (non-hydrogen) atoms. The van der Waals surface area contributed by atoms with E-state index in [0.29, 0.717) is 5.88 Å². The largest absolute Gasteiger partial charge is 0.474 e. The van der Waals surface area contributed by atoms with E-state index in [1.165, 1.54) is 0 Å². The van der Waals surface area contributed by atoms with E-state index in [1.54, 1.807) is 12.4 Å². The second kappa shape index (κ2) is 6.40. The highest BCUT2D eigenvalue weighted by Gasteiger charge is 1.97. The third kappa shape index (κ3) is 5.17. The molecule has 0 bridgehead atoms. The quantitative estimate of drug-likeness (QED) is 0.705. The van der Waals surface area contributed by atoms with Gasteiger partial charge in [-0.15, -0.1) is 0 Å². The molecule has 0 aliphatic rings. The topological polar surface area (TPSA) is 35.0 Å². The molecule has 0 aliphatic carbocycles. The summed E-state index contributed by atoms with van der Waals surface area (Å²) in [5.41, 5.74) is 0.904. The Bertz CT molecular complexity index is 219. The van der Waals surface area contributed by atoms with Crippen molar-refractivity contribution in [2.24, 2.45) is 0 Å². The Morgan fingerprint density at radius 2 is 1.77 bits per heavy atom. The number of hydrogen-bond donors (Lipinski definition) is 0. The minimum absolute atomic E-state index is 0.159. The van der Waals surface area contributed by atoms with E-state index >= 15 is 0 Å². The normalized spacial score (nSPS) is 9.08. The summed E-state index contributed by atoms with van der Waals surface area (Å²) in [6.07, 6.45) is 3.49. The van der Waals surface area contributed by atoms with Crippen molar-refractivity contribution in [1.82, 2.24) is 9.97 Å². The first-order valence-corrected chi connectivity index (χ1v) is 4.64. The molecule has 0 fully saturated rings. The van der Waals surface area contributed by atoms with Crippen LogP contribution in [0, 0.1) is 6.92 Å². The molecular formula is C10H18N2O. The second-order valence-electron chi connectivity index (χ2n) is 2.66. The number of rotatable bonds is 2. The van der Waals surface area contributed by atoms with Crippen LogP contribution in [0.1, 0.15) is 33.4 Å². The lowest BCUT2D eigenvalue weighted by Crippen LogP contribution is -2.07. The van der Waals surface area contributed by atoms with E-state index in [9.17, 15) is 0 Å². The van der Waals surface area contributed by atoms with Gasteiger partial charge in [-0.1, -0.05) is 13.8 Å². The van der Waals surface area contributed by atoms with Gasteiger partial charge in [-0.2, -0.15) is 0 Å². The minimum Gasteiger partial charge on any atom is -0.474 e. The number of aromatic nitrogens is 2. The zero-order valence-corrected chi connectivity index (χ0v) is 9.03. The molecule has 0 aromatic carbocycles. The van der Waals surface area contributed by atoms with Crippen LogP contribution in [0.15, 0.2) is 12.4 Å². The monoisotopic (exact) mass is 182 g/mol. The summed E-state index contributed by atoms with van der Waals surface area (Å²) >= 11 is 0. The maximum absolute atomic E-state index is 5.30. The van der Waals surface area contributed by atoms with Crippen molar-refractivity contribution in [3.8, 4) is 5.88 Å². The standard InChI is InChI=1S/C8H12N2O.C2H6/c1-6(2)11-8-5-9-7(3)4-10-8;1-2/h4-6H,1-3H3;1-2H3. The highest BCUT2D eigenvalue weighted by atomic mass is 16.5. The van der Waals surface area contributed by atoms with Gasteiger partial charge in [-0.3, -0.25) is 4.98 Å². The molecule has 0 unspecified atom stereocenters. The molecule has 1 heterocycles. The van der Waals surface area contributed by atoms with E-state index < -0.39 is 0 Å². The Kier molecular flexibility index (Phi) is 5.85. The highest BCUT2D eigenvalue weighted by Crippen LogP contribution is 2.05. The van der Waals surface area contributed by atoms with Crippen LogP contribution >= 0.6 is 0 Å². The van der Waals surface area contributed by atoms with Crippen LogP contribution in [0.25, 0.3) is 0 Å². The van der Waals surface area contributed by atoms with E-state index in [-0.39, 0.29) is 6.10 Å². The Hall–Kier alpha value is -1.12. The van der Waals surface area contributed by atoms with Crippen LogP contribution in [-0.2, 0) is 0 Å². The van der Waals surface area contributed by atoms with Gasteiger partial charge >= 0.3 is 0 Å². The lowest BCUT2D eigenvalue weighted by molar-refractivity contribution is 0.231. The molecule has 1 aromatic heterocycles. The number of ether oxygens (including phenoxy) is 1. The third-order valence-electron chi connectivity index (χ3n) is 1.11. The van der Waals surface area contributed by atoms with Gasteiger partial charge in [0.1, 0.15) is 0 Å². The van der Waals surface area contributed by atoms with Crippen LogP contribution in [0.4, 0.5) is 0 Å². The Morgan fingerprint density at radius 3 is 2.15 bits per heavy atom. The molecule has 0 saturated heterocycles. The van der Waals surface area contributed by atoms with Gasteiger partial charge in [0.05, 0.1) is 24.2 Å². The molecule has 1 aromatic rings. The first-order valence-electron chi connectivity index (χ1n) is 4.64. The third-order valence-corrected chi connectivity index (χ3v) is 1.11. The van der Waals surface area contributed by atoms with Crippen molar-refractivity contribution >= 4 is 0 Å². The Labute approximate surface area is 80.2 Å². The van der Waals surface area contributed by atoms with Gasteiger partial charge < -0.3 is 4.74 Å². The molecule has 3 heteroatoms. The van der Waals surface area contributed by atoms with Crippen molar-refractivity contribution in [2.75, 3.05) is 0 Å². The second-order valence-corrected chi connectivity index (χ2v) is 2.66. The van der Waals surface area contributed by atoms with Crippen LogP contribution in [0.2, 0.25) is 0 Å². The van der Waals surface area contributed by atoms with Crippen molar-refractivity contribution in [3.63, 3.8) is 0 Å². The fourth-order valence-corrected chi connectivity index (χ4v) is 0.683. The van der Waals surface area contributed by atoms with Gasteiger partial charge in [-0.25, -0.2) is 4.98 Å². The molecule has 0 atom stereocenters. The fourth-order valence-electron chi connectivity index (χ4n) is 0.683. The molecule has 74 valence electrons. The van der Waals surface area contributed by atoms with Crippen LogP contribution < -0.4 is 4.74 Å². The number of nitrogens with zero attached hydrogens (tertiary/aromatic N) is 2. The summed E-state index contributed by atoms with van der Waals surface area (Å²) in [6.45, 7) is 9.81. The molecule has 0 N–H and O–H groups in total. The van der Waals surface area contributed by atoms with Gasteiger partial charge in [0.15, 0.2) is 0 Å². The average Bonchev–Trinajstić information content (AvgIpc) is 2.12. The minimum atomic E-state index is 0.159. The van der Waals surface area contributed by atoms with Gasteiger partial charge in [0, 0.05) is 0 Å². The molecule has 0 radical (unpaired) electrons. The molecule has 3 nitrogen and oxygen atoms in total. The van der Waals surface area contributed by atoms with Crippen molar-refractivity contribution in [3.05, 3.63) is 18.1 Å². The van der Waals surface area contributed by atoms with Crippen molar-refractivity contribution in [2.45, 2.75) is 40.7 Å². The van der Waals surface area contributed by atoms with E-state index in [0.717, 1.165) is 5.69 Å². The summed E-state index contributed by atoms with van der Waals surface area (Å²) in [4.78, 5) is 8.08. The maximum atomic E-state index is 5.30. The molecular weight excluding hydrogens is 164 g/mol. The van der Waals surface area contributed by atoms with Crippen molar-refractivity contribution in [1.29, 1.82) is 0 Å². The first kappa shape index (κ1) is 11.9. The lowest BCUT2D eigenvalue weighted by atomic mass is 10.5.